The van der Waals surface area contributed by atoms with Gasteiger partial charge in [0.05, 0.1) is 17.6 Å². The maximum atomic E-state index is 13.5. The van der Waals surface area contributed by atoms with Crippen LogP contribution in [0.4, 0.5) is 0 Å². The van der Waals surface area contributed by atoms with Gasteiger partial charge in [-0.3, -0.25) is 4.79 Å². The Labute approximate surface area is 210 Å². The molecule has 1 N–H and O–H groups in total. The number of hydrogen-bond donors (Lipinski definition) is 1. The van der Waals surface area contributed by atoms with E-state index in [1.807, 2.05) is 85.8 Å². The molecular weight excluding hydrogens is 456 g/mol. The van der Waals surface area contributed by atoms with Gasteiger partial charge in [0.25, 0.3) is 0 Å². The van der Waals surface area contributed by atoms with E-state index < -0.39 is 0 Å². The van der Waals surface area contributed by atoms with Crippen molar-refractivity contribution in [2.45, 2.75) is 38.2 Å². The number of halogens is 1. The van der Waals surface area contributed by atoms with Crippen molar-refractivity contribution in [3.8, 4) is 11.8 Å². The van der Waals surface area contributed by atoms with E-state index in [4.69, 9.17) is 16.3 Å². The molecular formula is C30H25ClN2O2. The molecule has 2 atom stereocenters. The Balaban J connectivity index is 1.42. The molecule has 3 aromatic rings. The highest BCUT2D eigenvalue weighted by atomic mass is 35.5. The molecule has 0 amide bonds. The average Bonchev–Trinajstić information content (AvgIpc) is 2.88. The molecule has 4 nitrogen and oxygen atoms in total. The summed E-state index contributed by atoms with van der Waals surface area (Å²) in [5, 5.41) is 14.0. The van der Waals surface area contributed by atoms with Crippen molar-refractivity contribution >= 4 is 17.4 Å². The van der Waals surface area contributed by atoms with Crippen LogP contribution in [0, 0.1) is 11.3 Å². The number of allylic oxidation sites excluding steroid dienone is 4. The lowest BCUT2D eigenvalue weighted by molar-refractivity contribution is -0.116. The summed E-state index contributed by atoms with van der Waals surface area (Å²) in [7, 11) is 0. The zero-order chi connectivity index (χ0) is 24.4. The molecule has 0 aromatic heterocycles. The Morgan fingerprint density at radius 3 is 2.34 bits per heavy atom. The monoisotopic (exact) mass is 480 g/mol. The smallest absolute Gasteiger partial charge is 0.162 e. The van der Waals surface area contributed by atoms with Crippen LogP contribution in [0.5, 0.6) is 5.75 Å². The number of carbonyl (C=O) groups is 1. The van der Waals surface area contributed by atoms with Gasteiger partial charge in [-0.2, -0.15) is 5.26 Å². The summed E-state index contributed by atoms with van der Waals surface area (Å²) in [6.45, 7) is 2.39. The van der Waals surface area contributed by atoms with E-state index in [0.717, 1.165) is 33.8 Å². The Morgan fingerprint density at radius 1 is 0.971 bits per heavy atom. The van der Waals surface area contributed by atoms with Crippen LogP contribution in [0.15, 0.2) is 101 Å². The van der Waals surface area contributed by atoms with E-state index >= 15 is 0 Å². The van der Waals surface area contributed by atoms with Crippen LogP contribution in [0.25, 0.3) is 0 Å². The summed E-state index contributed by atoms with van der Waals surface area (Å²) >= 11 is 6.06. The van der Waals surface area contributed by atoms with Crippen LogP contribution < -0.4 is 10.1 Å². The highest BCUT2D eigenvalue weighted by molar-refractivity contribution is 6.30. The Kier molecular flexibility index (Phi) is 6.44. The van der Waals surface area contributed by atoms with E-state index in [2.05, 4.69) is 11.4 Å². The number of nitrogens with one attached hydrogen (secondary N) is 1. The van der Waals surface area contributed by atoms with Gasteiger partial charge in [-0.05, 0) is 60.2 Å². The summed E-state index contributed by atoms with van der Waals surface area (Å²) in [4.78, 5) is 13.5. The van der Waals surface area contributed by atoms with Crippen molar-refractivity contribution in [1.29, 1.82) is 5.26 Å². The first-order valence-electron chi connectivity index (χ1n) is 11.7. The highest BCUT2D eigenvalue weighted by Gasteiger charge is 2.38. The molecule has 2 aliphatic rings. The second-order valence-corrected chi connectivity index (χ2v) is 9.46. The lowest BCUT2D eigenvalue weighted by Crippen LogP contribution is -2.33. The third-order valence-electron chi connectivity index (χ3n) is 6.75. The Hall–Kier alpha value is -3.81. The largest absolute Gasteiger partial charge is 0.489 e. The topological polar surface area (TPSA) is 62.1 Å². The number of nitriles is 1. The fourth-order valence-corrected chi connectivity index (χ4v) is 5.11. The second kappa shape index (κ2) is 9.82. The number of rotatable bonds is 5. The molecule has 1 heterocycles. The predicted octanol–water partition coefficient (Wildman–Crippen LogP) is 6.80. The summed E-state index contributed by atoms with van der Waals surface area (Å²) in [6, 6.07) is 27.8. The van der Waals surface area contributed by atoms with Crippen LogP contribution in [0.2, 0.25) is 5.02 Å². The summed E-state index contributed by atoms with van der Waals surface area (Å²) in [6.07, 6.45) is 1.13. The van der Waals surface area contributed by atoms with Gasteiger partial charge in [0.2, 0.25) is 0 Å². The van der Waals surface area contributed by atoms with E-state index in [1.54, 1.807) is 0 Å². The number of carbonyl (C=O) groups excluding carboxylic acids is 1. The quantitative estimate of drug-likeness (QED) is 0.436. The van der Waals surface area contributed by atoms with Gasteiger partial charge in [-0.15, -0.1) is 0 Å². The minimum atomic E-state index is -0.377. The molecule has 1 aliphatic heterocycles. The SMILES string of the molecule is CC1=C(C#N)[C@H](c2ccc(OCc3ccccc3)cc2)C2=C(C[C@@H](c3ccc(Cl)cc3)CC2=O)N1. The van der Waals surface area contributed by atoms with Crippen molar-refractivity contribution in [3.05, 3.63) is 123 Å². The van der Waals surface area contributed by atoms with Gasteiger partial charge < -0.3 is 10.1 Å². The fourth-order valence-electron chi connectivity index (χ4n) is 4.99. The van der Waals surface area contributed by atoms with Gasteiger partial charge in [-0.1, -0.05) is 66.2 Å². The maximum absolute atomic E-state index is 13.5. The van der Waals surface area contributed by atoms with Crippen molar-refractivity contribution in [1.82, 2.24) is 5.32 Å². The van der Waals surface area contributed by atoms with Crippen molar-refractivity contribution in [3.63, 3.8) is 0 Å². The van der Waals surface area contributed by atoms with Crippen LogP contribution in [-0.4, -0.2) is 5.78 Å². The molecule has 0 fully saturated rings. The van der Waals surface area contributed by atoms with Gasteiger partial charge in [-0.25, -0.2) is 0 Å². The lowest BCUT2D eigenvalue weighted by atomic mass is 9.72. The first kappa shape index (κ1) is 23.0. The highest BCUT2D eigenvalue weighted by Crippen LogP contribution is 2.45. The Bertz CT molecular complexity index is 1350. The molecule has 0 spiro atoms. The van der Waals surface area contributed by atoms with E-state index in [9.17, 15) is 10.1 Å². The number of ketones is 1. The molecule has 0 bridgehead atoms. The molecule has 0 unspecified atom stereocenters. The third kappa shape index (κ3) is 4.73. The van der Waals surface area contributed by atoms with E-state index in [0.29, 0.717) is 35.6 Å². The van der Waals surface area contributed by atoms with Gasteiger partial charge >= 0.3 is 0 Å². The van der Waals surface area contributed by atoms with Crippen molar-refractivity contribution in [2.75, 3.05) is 0 Å². The predicted molar refractivity (Wildman–Crippen MR) is 137 cm³/mol. The molecule has 0 saturated heterocycles. The van der Waals surface area contributed by atoms with E-state index in [-0.39, 0.29) is 17.6 Å². The molecule has 0 radical (unpaired) electrons. The molecule has 174 valence electrons. The van der Waals surface area contributed by atoms with Gasteiger partial charge in [0.15, 0.2) is 5.78 Å². The van der Waals surface area contributed by atoms with Crippen LogP contribution in [0.1, 0.15) is 48.3 Å². The number of benzene rings is 3. The first-order valence-corrected chi connectivity index (χ1v) is 12.1. The standard InChI is InChI=1S/C30H25ClN2O2/c1-19-26(17-32)29(22-9-13-25(14-10-22)35-18-20-5-3-2-4-6-20)30-27(33-19)15-23(16-28(30)34)21-7-11-24(31)12-8-21/h2-14,23,29,33H,15-16,18H2,1H3/t23-,29+/m1/s1. The number of dihydropyridines is 1. The van der Waals surface area contributed by atoms with Gasteiger partial charge in [0, 0.05) is 28.4 Å². The zero-order valence-corrected chi connectivity index (χ0v) is 20.2. The fraction of sp³-hybridized carbons (Fsp3) is 0.200. The number of nitrogens with zero attached hydrogens (tertiary/aromatic N) is 1. The lowest BCUT2D eigenvalue weighted by Gasteiger charge is -2.35. The van der Waals surface area contributed by atoms with Crippen LogP contribution in [0.3, 0.4) is 0 Å². The van der Waals surface area contributed by atoms with Crippen LogP contribution in [-0.2, 0) is 11.4 Å². The average molecular weight is 481 g/mol. The Morgan fingerprint density at radius 2 is 1.66 bits per heavy atom. The maximum Gasteiger partial charge on any atom is 0.162 e. The normalized spacial score (nSPS) is 19.6. The minimum absolute atomic E-state index is 0.0772. The van der Waals surface area contributed by atoms with Crippen molar-refractivity contribution < 1.29 is 9.53 Å². The van der Waals surface area contributed by atoms with Crippen LogP contribution >= 0.6 is 11.6 Å². The zero-order valence-electron chi connectivity index (χ0n) is 19.4. The molecule has 35 heavy (non-hydrogen) atoms. The number of ether oxygens (including phenoxy) is 1. The third-order valence-corrected chi connectivity index (χ3v) is 7.00. The molecule has 5 rings (SSSR count). The molecule has 1 aliphatic carbocycles. The second-order valence-electron chi connectivity index (χ2n) is 9.02. The number of Topliss-reactive ketones (excluding diaryl/α,β-unsaturated/α-hetero) is 1. The number of hydrogen-bond acceptors (Lipinski definition) is 4. The molecule has 5 heteroatoms. The summed E-state index contributed by atoms with van der Waals surface area (Å²) in [5.74, 6) is 0.529. The van der Waals surface area contributed by atoms with Gasteiger partial charge in [0.1, 0.15) is 12.4 Å². The molecule has 3 aromatic carbocycles. The van der Waals surface area contributed by atoms with E-state index in [1.165, 1.54) is 0 Å². The molecule has 0 saturated carbocycles. The minimum Gasteiger partial charge on any atom is -0.489 e. The first-order chi connectivity index (χ1) is 17.0. The summed E-state index contributed by atoms with van der Waals surface area (Å²) < 4.78 is 5.93. The van der Waals surface area contributed by atoms with Crippen molar-refractivity contribution in [2.24, 2.45) is 0 Å². The summed E-state index contributed by atoms with van der Waals surface area (Å²) in [5.41, 5.74) is 6.10.